The van der Waals surface area contributed by atoms with Crippen LogP contribution in [-0.2, 0) is 20.7 Å². The van der Waals surface area contributed by atoms with Crippen LogP contribution in [0.1, 0.15) is 30.6 Å². The smallest absolute Gasteiger partial charge is 0.328 e. The van der Waals surface area contributed by atoms with Crippen LogP contribution in [0.15, 0.2) is 5.10 Å². The molecule has 1 aliphatic heterocycles. The number of aliphatic carboxylic acids is 1. The van der Waals surface area contributed by atoms with Crippen molar-refractivity contribution in [3.8, 4) is 11.5 Å². The van der Waals surface area contributed by atoms with Crippen LogP contribution in [-0.4, -0.2) is 69.8 Å². The van der Waals surface area contributed by atoms with E-state index in [1.54, 1.807) is 6.92 Å². The Kier molecular flexibility index (Phi) is 7.43. The SMILES string of the molecule is C[C@@H]1CC(=O)N1[C@@H](C(=O)O)[C@](C)(/C=N/NC(=O)c1c(Cl)c(O)c(O)c(Cl)c1Cl)S(=O)[O-]. The predicted octanol–water partition coefficient (Wildman–Crippen LogP) is 1.49. The van der Waals surface area contributed by atoms with Gasteiger partial charge >= 0.3 is 5.97 Å². The minimum Gasteiger partial charge on any atom is -0.772 e. The number of nitrogens with one attached hydrogen (secondary N) is 1. The number of phenolic OH excluding ortho intramolecular Hbond substituents is 2. The van der Waals surface area contributed by atoms with E-state index in [0.717, 1.165) is 11.8 Å². The molecule has 0 spiro atoms. The summed E-state index contributed by atoms with van der Waals surface area (Å²) in [6.45, 7) is 2.56. The van der Waals surface area contributed by atoms with Crippen LogP contribution in [0.3, 0.4) is 0 Å². The van der Waals surface area contributed by atoms with E-state index < -0.39 is 77.8 Å². The number of aromatic hydroxyl groups is 2. The highest BCUT2D eigenvalue weighted by Crippen LogP contribution is 2.46. The lowest BCUT2D eigenvalue weighted by Crippen LogP contribution is -2.67. The van der Waals surface area contributed by atoms with Gasteiger partial charge in [0.05, 0.1) is 15.3 Å². The van der Waals surface area contributed by atoms with Gasteiger partial charge in [-0.05, 0) is 24.9 Å². The Bertz CT molecular complexity index is 991. The summed E-state index contributed by atoms with van der Waals surface area (Å²) >= 11 is 14.3. The molecule has 1 aromatic rings. The number of benzene rings is 1. The van der Waals surface area contributed by atoms with Crippen LogP contribution in [0.25, 0.3) is 0 Å². The Morgan fingerprint density at radius 1 is 1.29 bits per heavy atom. The number of amides is 2. The van der Waals surface area contributed by atoms with E-state index in [2.05, 4.69) is 5.10 Å². The van der Waals surface area contributed by atoms with Gasteiger partial charge in [-0.2, -0.15) is 5.10 Å². The number of carbonyl (C=O) groups is 3. The van der Waals surface area contributed by atoms with Gasteiger partial charge < -0.3 is 24.8 Å². The fourth-order valence-corrected chi connectivity index (χ4v) is 4.25. The van der Waals surface area contributed by atoms with Gasteiger partial charge in [-0.3, -0.25) is 13.8 Å². The second kappa shape index (κ2) is 9.17. The highest BCUT2D eigenvalue weighted by atomic mass is 35.5. The first-order valence-corrected chi connectivity index (χ1v) is 10.5. The highest BCUT2D eigenvalue weighted by Gasteiger charge is 2.51. The van der Waals surface area contributed by atoms with E-state index in [9.17, 15) is 38.5 Å². The van der Waals surface area contributed by atoms with Gasteiger partial charge in [0.1, 0.15) is 10.0 Å². The number of phenols is 2. The molecule has 0 bridgehead atoms. The molecular weight excluding hydrogens is 501 g/mol. The van der Waals surface area contributed by atoms with Crippen molar-refractivity contribution in [2.75, 3.05) is 0 Å². The molecule has 15 heteroatoms. The van der Waals surface area contributed by atoms with Crippen LogP contribution >= 0.6 is 34.8 Å². The Morgan fingerprint density at radius 3 is 2.29 bits per heavy atom. The summed E-state index contributed by atoms with van der Waals surface area (Å²) in [6.07, 6.45) is 0.691. The van der Waals surface area contributed by atoms with E-state index in [4.69, 9.17) is 34.8 Å². The summed E-state index contributed by atoms with van der Waals surface area (Å²) < 4.78 is 21.5. The molecule has 4 atom stereocenters. The molecule has 2 amide bonds. The molecule has 31 heavy (non-hydrogen) atoms. The summed E-state index contributed by atoms with van der Waals surface area (Å²) in [5.74, 6) is -5.08. The number of nitrogens with zero attached hydrogens (tertiary/aromatic N) is 2. The van der Waals surface area contributed by atoms with Crippen molar-refractivity contribution in [3.05, 3.63) is 20.6 Å². The number of β-lactam (4-membered cyclic amide) rings is 1. The minimum atomic E-state index is -3.09. The number of likely N-dealkylation sites (tertiary alicyclic amines) is 1. The number of carboxylic acids is 1. The van der Waals surface area contributed by atoms with Crippen molar-refractivity contribution in [2.45, 2.75) is 37.1 Å². The van der Waals surface area contributed by atoms with Crippen LogP contribution in [0, 0.1) is 0 Å². The average Bonchev–Trinajstić information content (AvgIpc) is 2.68. The van der Waals surface area contributed by atoms with E-state index in [-0.39, 0.29) is 6.42 Å². The standard InChI is InChI=1S/C16H16Cl3N3O8S/c1-5-3-6(23)22(5)13(15(27)28)16(2,31(29)30)4-20-21-14(26)7-8(17)10(19)12(25)11(24)9(7)18/h4-5,13,24-25H,3H2,1-2H3,(H,21,26)(H,27,28)(H,29,30)/p-1/b20-4+/t5-,13+,16+/m1/s1. The van der Waals surface area contributed by atoms with Gasteiger partial charge in [0.15, 0.2) is 17.5 Å². The first-order valence-electron chi connectivity index (χ1n) is 8.31. The van der Waals surface area contributed by atoms with Gasteiger partial charge in [-0.25, -0.2) is 10.2 Å². The quantitative estimate of drug-likeness (QED) is 0.105. The molecule has 4 N–H and O–H groups in total. The molecule has 0 radical (unpaired) electrons. The van der Waals surface area contributed by atoms with Crippen molar-refractivity contribution < 1.29 is 38.5 Å². The number of rotatable bonds is 7. The number of carbonyl (C=O) groups excluding carboxylic acids is 2. The molecule has 11 nitrogen and oxygen atoms in total. The fourth-order valence-electron chi connectivity index (χ4n) is 2.94. The molecule has 1 saturated heterocycles. The largest absolute Gasteiger partial charge is 0.772 e. The fraction of sp³-hybridized carbons (Fsp3) is 0.375. The molecular formula is C16H15Cl3N3O8S-. The van der Waals surface area contributed by atoms with E-state index >= 15 is 0 Å². The van der Waals surface area contributed by atoms with Crippen molar-refractivity contribution in [3.63, 3.8) is 0 Å². The Labute approximate surface area is 192 Å². The summed E-state index contributed by atoms with van der Waals surface area (Å²) in [6, 6.07) is -2.33. The molecule has 0 aliphatic carbocycles. The normalized spacial score (nSPS) is 20.1. The third-order valence-corrected chi connectivity index (χ3v) is 6.89. The highest BCUT2D eigenvalue weighted by molar-refractivity contribution is 7.81. The third-order valence-electron chi connectivity index (χ3n) is 4.63. The summed E-state index contributed by atoms with van der Waals surface area (Å²) in [4.78, 5) is 36.9. The molecule has 0 aromatic heterocycles. The Morgan fingerprint density at radius 2 is 1.84 bits per heavy atom. The van der Waals surface area contributed by atoms with Crippen LogP contribution in [0.5, 0.6) is 11.5 Å². The lowest BCUT2D eigenvalue weighted by molar-refractivity contribution is -0.161. The summed E-state index contributed by atoms with van der Waals surface area (Å²) in [5, 5.41) is 30.6. The maximum absolute atomic E-state index is 12.4. The third kappa shape index (κ3) is 4.44. The van der Waals surface area contributed by atoms with Crippen LogP contribution < -0.4 is 5.43 Å². The first-order chi connectivity index (χ1) is 14.3. The number of carboxylic acid groups (broad SMARTS) is 1. The molecule has 2 rings (SSSR count). The van der Waals surface area contributed by atoms with Gasteiger partial charge in [-0.1, -0.05) is 34.8 Å². The van der Waals surface area contributed by atoms with Crippen molar-refractivity contribution >= 4 is 69.9 Å². The average molecular weight is 516 g/mol. The zero-order valence-electron chi connectivity index (χ0n) is 15.8. The second-order valence-electron chi connectivity index (χ2n) is 6.73. The van der Waals surface area contributed by atoms with Gasteiger partial charge in [0.2, 0.25) is 5.91 Å². The Hall–Kier alpha value is -2.12. The summed E-state index contributed by atoms with van der Waals surface area (Å²) in [5.41, 5.74) is 1.32. The van der Waals surface area contributed by atoms with Gasteiger partial charge in [0.25, 0.3) is 5.91 Å². The number of hydrogen-bond acceptors (Lipinski definition) is 8. The van der Waals surface area contributed by atoms with Gasteiger partial charge in [0, 0.05) is 18.7 Å². The zero-order valence-corrected chi connectivity index (χ0v) is 18.8. The lowest BCUT2D eigenvalue weighted by Gasteiger charge is -2.48. The lowest BCUT2D eigenvalue weighted by atomic mass is 9.92. The monoisotopic (exact) mass is 514 g/mol. The maximum Gasteiger partial charge on any atom is 0.328 e. The van der Waals surface area contributed by atoms with Crippen molar-refractivity contribution in [1.82, 2.24) is 10.3 Å². The molecule has 1 aromatic carbocycles. The molecule has 1 unspecified atom stereocenters. The number of halogens is 3. The first kappa shape index (κ1) is 25.1. The van der Waals surface area contributed by atoms with E-state index in [0.29, 0.717) is 6.21 Å². The van der Waals surface area contributed by atoms with E-state index in [1.807, 2.05) is 5.43 Å². The van der Waals surface area contributed by atoms with Crippen molar-refractivity contribution in [1.29, 1.82) is 0 Å². The molecule has 170 valence electrons. The topological polar surface area (TPSA) is 180 Å². The predicted molar refractivity (Wildman–Crippen MR) is 110 cm³/mol. The zero-order chi connectivity index (χ0) is 23.8. The van der Waals surface area contributed by atoms with Crippen molar-refractivity contribution in [2.24, 2.45) is 5.10 Å². The molecule has 1 aliphatic rings. The van der Waals surface area contributed by atoms with Gasteiger partial charge in [-0.15, -0.1) is 0 Å². The number of hydrazone groups is 1. The molecule has 1 heterocycles. The Balaban J connectivity index is 2.38. The van der Waals surface area contributed by atoms with Crippen LogP contribution in [0.2, 0.25) is 15.1 Å². The maximum atomic E-state index is 12.4. The minimum absolute atomic E-state index is 0.0569. The summed E-state index contributed by atoms with van der Waals surface area (Å²) in [7, 11) is 0. The van der Waals surface area contributed by atoms with Crippen LogP contribution in [0.4, 0.5) is 0 Å². The molecule has 1 fully saturated rings. The van der Waals surface area contributed by atoms with E-state index in [1.165, 1.54) is 0 Å². The number of hydrogen-bond donors (Lipinski definition) is 4. The second-order valence-corrected chi connectivity index (χ2v) is 9.21. The molecule has 0 saturated carbocycles.